The van der Waals surface area contributed by atoms with Crippen molar-refractivity contribution in [2.75, 3.05) is 11.4 Å². The summed E-state index contributed by atoms with van der Waals surface area (Å²) in [4.78, 5) is 21.4. The molecule has 1 aliphatic rings. The summed E-state index contributed by atoms with van der Waals surface area (Å²) in [6.45, 7) is 5.71. The first kappa shape index (κ1) is 18.1. The van der Waals surface area contributed by atoms with Gasteiger partial charge in [-0.1, -0.05) is 0 Å². The van der Waals surface area contributed by atoms with Crippen molar-refractivity contribution >= 4 is 23.4 Å². The molecule has 0 radical (unpaired) electrons. The van der Waals surface area contributed by atoms with Crippen molar-refractivity contribution in [2.24, 2.45) is 0 Å². The highest BCUT2D eigenvalue weighted by Crippen LogP contribution is 2.37. The molecule has 0 spiro atoms. The second-order valence-corrected chi connectivity index (χ2v) is 7.20. The van der Waals surface area contributed by atoms with Crippen LogP contribution in [0.15, 0.2) is 18.3 Å². The molecule has 8 heteroatoms. The molecule has 2 aromatic rings. The number of amides is 1. The Bertz CT molecular complexity index is 934. The van der Waals surface area contributed by atoms with Crippen LogP contribution in [0.2, 0.25) is 5.28 Å². The van der Waals surface area contributed by atoms with Gasteiger partial charge in [0.1, 0.15) is 17.4 Å². The summed E-state index contributed by atoms with van der Waals surface area (Å²) < 4.78 is 19.5. The third-order valence-electron chi connectivity index (χ3n) is 3.79. The van der Waals surface area contributed by atoms with Crippen molar-refractivity contribution in [3.8, 4) is 17.3 Å². The average molecular weight is 375 g/mol. The number of hydrogen-bond acceptors (Lipinski definition) is 5. The van der Waals surface area contributed by atoms with Crippen LogP contribution in [-0.4, -0.2) is 28.2 Å². The Morgan fingerprint density at radius 3 is 2.81 bits per heavy atom. The molecule has 0 saturated carbocycles. The zero-order chi connectivity index (χ0) is 19.1. The molecule has 0 unspecified atom stereocenters. The highest BCUT2D eigenvalue weighted by atomic mass is 35.5. The van der Waals surface area contributed by atoms with Crippen molar-refractivity contribution in [3.05, 3.63) is 40.6 Å². The van der Waals surface area contributed by atoms with Crippen LogP contribution in [0.1, 0.15) is 31.9 Å². The minimum Gasteiger partial charge on any atom is -0.443 e. The number of fused-ring (bicyclic) bond motifs is 1. The van der Waals surface area contributed by atoms with Gasteiger partial charge in [-0.2, -0.15) is 5.26 Å². The van der Waals surface area contributed by atoms with Gasteiger partial charge in [0.05, 0.1) is 17.4 Å². The van der Waals surface area contributed by atoms with Gasteiger partial charge in [-0.05, 0) is 56.5 Å². The maximum atomic E-state index is 14.1. The van der Waals surface area contributed by atoms with E-state index in [4.69, 9.17) is 16.3 Å². The number of nitrogens with zero attached hydrogens (tertiary/aromatic N) is 4. The lowest BCUT2D eigenvalue weighted by Crippen LogP contribution is -2.36. The third-order valence-corrected chi connectivity index (χ3v) is 3.97. The largest absolute Gasteiger partial charge is 0.443 e. The van der Waals surface area contributed by atoms with Crippen molar-refractivity contribution in [3.63, 3.8) is 0 Å². The van der Waals surface area contributed by atoms with Crippen LogP contribution in [0.4, 0.5) is 14.9 Å². The molecule has 1 aromatic carbocycles. The van der Waals surface area contributed by atoms with Crippen LogP contribution < -0.4 is 4.90 Å². The number of carbonyl (C=O) groups excluding carboxylic acids is 1. The Labute approximate surface area is 155 Å². The average Bonchev–Trinajstić information content (AvgIpc) is 2.98. The first-order valence-electron chi connectivity index (χ1n) is 7.95. The smallest absolute Gasteiger partial charge is 0.414 e. The standard InChI is InChI=1S/C18H16ClFN4O2/c1-18(2,3)26-17(25)24-5-4-10-6-11(7-12(8-21)15(10)24)14-13(20)9-22-16(19)23-14/h6-7,9H,4-5H2,1-3H3. The minimum absolute atomic E-state index is 0.0139. The van der Waals surface area contributed by atoms with Crippen LogP contribution in [0.3, 0.4) is 0 Å². The first-order chi connectivity index (χ1) is 12.2. The molecule has 1 aliphatic heterocycles. The Hall–Kier alpha value is -2.72. The van der Waals surface area contributed by atoms with Gasteiger partial charge >= 0.3 is 6.09 Å². The Morgan fingerprint density at radius 2 is 2.15 bits per heavy atom. The molecule has 0 aliphatic carbocycles. The van der Waals surface area contributed by atoms with Gasteiger partial charge in [-0.3, -0.25) is 4.90 Å². The van der Waals surface area contributed by atoms with E-state index >= 15 is 0 Å². The van der Waals surface area contributed by atoms with Crippen LogP contribution in [0.5, 0.6) is 0 Å². The molecule has 0 bridgehead atoms. The lowest BCUT2D eigenvalue weighted by molar-refractivity contribution is 0.0584. The van der Waals surface area contributed by atoms with E-state index in [-0.39, 0.29) is 16.5 Å². The van der Waals surface area contributed by atoms with Gasteiger partial charge in [-0.25, -0.2) is 19.2 Å². The molecule has 0 N–H and O–H groups in total. The van der Waals surface area contributed by atoms with E-state index in [1.165, 1.54) is 11.0 Å². The maximum absolute atomic E-state index is 14.1. The van der Waals surface area contributed by atoms with Gasteiger partial charge < -0.3 is 4.74 Å². The van der Waals surface area contributed by atoms with Gasteiger partial charge in [0, 0.05) is 12.1 Å². The number of ether oxygens (including phenoxy) is 1. The van der Waals surface area contributed by atoms with E-state index in [1.807, 2.05) is 0 Å². The van der Waals surface area contributed by atoms with E-state index in [2.05, 4.69) is 16.0 Å². The number of aromatic nitrogens is 2. The zero-order valence-corrected chi connectivity index (χ0v) is 15.3. The molecule has 0 atom stereocenters. The van der Waals surface area contributed by atoms with E-state index < -0.39 is 17.5 Å². The zero-order valence-electron chi connectivity index (χ0n) is 14.5. The number of benzene rings is 1. The number of nitriles is 1. The normalized spacial score (nSPS) is 13.3. The fourth-order valence-electron chi connectivity index (χ4n) is 2.82. The van der Waals surface area contributed by atoms with E-state index in [0.29, 0.717) is 24.2 Å². The third kappa shape index (κ3) is 3.46. The monoisotopic (exact) mass is 374 g/mol. The molecule has 2 heterocycles. The predicted octanol–water partition coefficient (Wildman–Crippen LogP) is 4.11. The molecule has 0 fully saturated rings. The number of carbonyl (C=O) groups is 1. The lowest BCUT2D eigenvalue weighted by Gasteiger charge is -2.25. The SMILES string of the molecule is CC(C)(C)OC(=O)N1CCc2cc(-c3nc(Cl)ncc3F)cc(C#N)c21. The van der Waals surface area contributed by atoms with Crippen molar-refractivity contribution in [1.82, 2.24) is 9.97 Å². The molecule has 6 nitrogen and oxygen atoms in total. The molecular formula is C18H16ClFN4O2. The maximum Gasteiger partial charge on any atom is 0.414 e. The van der Waals surface area contributed by atoms with Crippen LogP contribution in [-0.2, 0) is 11.2 Å². The molecule has 3 rings (SSSR count). The second kappa shape index (κ2) is 6.54. The van der Waals surface area contributed by atoms with E-state index in [9.17, 15) is 14.4 Å². The summed E-state index contributed by atoms with van der Waals surface area (Å²) in [5.41, 5.74) is 1.27. The van der Waals surface area contributed by atoms with Gasteiger partial charge in [0.2, 0.25) is 5.28 Å². The highest BCUT2D eigenvalue weighted by molar-refractivity contribution is 6.28. The van der Waals surface area contributed by atoms with Crippen LogP contribution >= 0.6 is 11.6 Å². The number of rotatable bonds is 1. The van der Waals surface area contributed by atoms with E-state index in [0.717, 1.165) is 11.8 Å². The molecular weight excluding hydrogens is 359 g/mol. The molecule has 0 saturated heterocycles. The Morgan fingerprint density at radius 1 is 1.42 bits per heavy atom. The lowest BCUT2D eigenvalue weighted by atomic mass is 10.0. The Kier molecular flexibility index (Phi) is 4.55. The fourth-order valence-corrected chi connectivity index (χ4v) is 2.95. The first-order valence-corrected chi connectivity index (χ1v) is 8.33. The summed E-state index contributed by atoms with van der Waals surface area (Å²) in [7, 11) is 0. The quantitative estimate of drug-likeness (QED) is 0.702. The van der Waals surface area contributed by atoms with Crippen LogP contribution in [0.25, 0.3) is 11.3 Å². The number of anilines is 1. The Balaban J connectivity index is 2.06. The molecule has 1 amide bonds. The number of halogens is 2. The van der Waals surface area contributed by atoms with Crippen LogP contribution in [0, 0.1) is 17.1 Å². The van der Waals surface area contributed by atoms with Crippen molar-refractivity contribution in [1.29, 1.82) is 5.26 Å². The van der Waals surface area contributed by atoms with Crippen molar-refractivity contribution in [2.45, 2.75) is 32.8 Å². The summed E-state index contributed by atoms with van der Waals surface area (Å²) in [6.07, 6.45) is 0.992. The molecule has 1 aromatic heterocycles. The topological polar surface area (TPSA) is 79.1 Å². The van der Waals surface area contributed by atoms with E-state index in [1.54, 1.807) is 26.8 Å². The van der Waals surface area contributed by atoms with Gasteiger partial charge in [-0.15, -0.1) is 0 Å². The highest BCUT2D eigenvalue weighted by Gasteiger charge is 2.32. The predicted molar refractivity (Wildman–Crippen MR) is 94.4 cm³/mol. The second-order valence-electron chi connectivity index (χ2n) is 6.86. The summed E-state index contributed by atoms with van der Waals surface area (Å²) in [5.74, 6) is -0.639. The molecule has 134 valence electrons. The fraction of sp³-hybridized carbons (Fsp3) is 0.333. The molecule has 26 heavy (non-hydrogen) atoms. The minimum atomic E-state index is -0.645. The summed E-state index contributed by atoms with van der Waals surface area (Å²) in [5, 5.41) is 9.46. The van der Waals surface area contributed by atoms with Gasteiger partial charge in [0.15, 0.2) is 5.82 Å². The van der Waals surface area contributed by atoms with Gasteiger partial charge in [0.25, 0.3) is 0 Å². The summed E-state index contributed by atoms with van der Waals surface area (Å²) in [6, 6.07) is 5.27. The van der Waals surface area contributed by atoms with Crippen molar-refractivity contribution < 1.29 is 13.9 Å². The summed E-state index contributed by atoms with van der Waals surface area (Å²) >= 11 is 5.76. The number of hydrogen-bond donors (Lipinski definition) is 0.